The molecule has 0 aliphatic carbocycles. The van der Waals surface area contributed by atoms with Crippen LogP contribution in [0.25, 0.3) is 10.9 Å². The van der Waals surface area contributed by atoms with Crippen molar-refractivity contribution in [1.29, 1.82) is 0 Å². The van der Waals surface area contributed by atoms with Crippen molar-refractivity contribution in [1.82, 2.24) is 19.7 Å². The molecule has 0 radical (unpaired) electrons. The fourth-order valence-electron chi connectivity index (χ4n) is 2.60. The molecule has 0 aliphatic heterocycles. The molecule has 0 atom stereocenters. The molecule has 5 nitrogen and oxygen atoms in total. The Kier molecular flexibility index (Phi) is 3.84. The van der Waals surface area contributed by atoms with Crippen LogP contribution in [-0.2, 0) is 6.54 Å². The fourth-order valence-corrected chi connectivity index (χ4v) is 2.75. The van der Waals surface area contributed by atoms with E-state index in [9.17, 15) is 0 Å². The molecule has 0 unspecified atom stereocenters. The fraction of sp³-hybridized carbons (Fsp3) is 0.0556. The number of fused-ring (bicyclic) bond motifs is 1. The number of nitrogens with one attached hydrogen (secondary N) is 1. The Morgan fingerprint density at radius 3 is 2.75 bits per heavy atom. The van der Waals surface area contributed by atoms with Crippen LogP contribution in [0.1, 0.15) is 5.56 Å². The highest BCUT2D eigenvalue weighted by atomic mass is 35.5. The minimum Gasteiger partial charge on any atom is -0.340 e. The van der Waals surface area contributed by atoms with Gasteiger partial charge < -0.3 is 5.32 Å². The summed E-state index contributed by atoms with van der Waals surface area (Å²) >= 11 is 5.81. The molecular weight excluding hydrogens is 322 g/mol. The van der Waals surface area contributed by atoms with E-state index >= 15 is 0 Å². The third-order valence-corrected chi connectivity index (χ3v) is 3.90. The van der Waals surface area contributed by atoms with Gasteiger partial charge in [-0.3, -0.25) is 4.68 Å². The van der Waals surface area contributed by atoms with Crippen LogP contribution in [0.4, 0.5) is 11.5 Å². The first-order chi connectivity index (χ1) is 11.8. The van der Waals surface area contributed by atoms with Crippen LogP contribution in [0, 0.1) is 0 Å². The van der Waals surface area contributed by atoms with Gasteiger partial charge in [0.1, 0.15) is 5.82 Å². The summed E-state index contributed by atoms with van der Waals surface area (Å²) in [5.74, 6) is 0.658. The summed E-state index contributed by atoms with van der Waals surface area (Å²) in [7, 11) is 0. The lowest BCUT2D eigenvalue weighted by Crippen LogP contribution is -2.01. The Balaban J connectivity index is 1.60. The molecule has 0 fully saturated rings. The standard InChI is InChI=1S/C18H14ClN5/c19-18-20-9-8-17(23-18)22-15-6-7-16-14(10-15)11-21-24(16)12-13-4-2-1-3-5-13/h1-11H,12H2,(H,20,22,23). The van der Waals surface area contributed by atoms with E-state index in [0.29, 0.717) is 5.82 Å². The monoisotopic (exact) mass is 335 g/mol. The highest BCUT2D eigenvalue weighted by Gasteiger charge is 2.05. The zero-order chi connectivity index (χ0) is 16.4. The van der Waals surface area contributed by atoms with E-state index in [2.05, 4.69) is 38.6 Å². The summed E-state index contributed by atoms with van der Waals surface area (Å²) in [5.41, 5.74) is 3.24. The van der Waals surface area contributed by atoms with Crippen molar-refractivity contribution in [2.75, 3.05) is 5.32 Å². The quantitative estimate of drug-likeness (QED) is 0.566. The highest BCUT2D eigenvalue weighted by molar-refractivity contribution is 6.28. The van der Waals surface area contributed by atoms with E-state index < -0.39 is 0 Å². The van der Waals surface area contributed by atoms with Crippen LogP contribution >= 0.6 is 11.6 Å². The molecule has 4 aromatic rings. The van der Waals surface area contributed by atoms with Crippen molar-refractivity contribution in [2.24, 2.45) is 0 Å². The largest absolute Gasteiger partial charge is 0.340 e. The molecule has 2 heterocycles. The molecule has 1 N–H and O–H groups in total. The van der Waals surface area contributed by atoms with Crippen molar-refractivity contribution >= 4 is 34.0 Å². The van der Waals surface area contributed by atoms with E-state index in [1.54, 1.807) is 12.3 Å². The summed E-state index contributed by atoms with van der Waals surface area (Å²) < 4.78 is 2.00. The Labute approximate surface area is 143 Å². The molecule has 0 amide bonds. The molecule has 0 spiro atoms. The molecule has 0 bridgehead atoms. The number of nitrogens with zero attached hydrogens (tertiary/aromatic N) is 4. The van der Waals surface area contributed by atoms with Gasteiger partial charge in [-0.15, -0.1) is 0 Å². The normalized spacial score (nSPS) is 10.9. The highest BCUT2D eigenvalue weighted by Crippen LogP contribution is 2.22. The smallest absolute Gasteiger partial charge is 0.224 e. The predicted octanol–water partition coefficient (Wildman–Crippen LogP) is 4.27. The zero-order valence-corrected chi connectivity index (χ0v) is 13.5. The van der Waals surface area contributed by atoms with Crippen molar-refractivity contribution in [2.45, 2.75) is 6.54 Å². The number of halogens is 1. The molecule has 24 heavy (non-hydrogen) atoms. The molecule has 0 aliphatic rings. The van der Waals surface area contributed by atoms with Crippen LogP contribution < -0.4 is 5.32 Å². The first-order valence-electron chi connectivity index (χ1n) is 7.53. The maximum atomic E-state index is 5.81. The van der Waals surface area contributed by atoms with Crippen LogP contribution in [0.3, 0.4) is 0 Å². The van der Waals surface area contributed by atoms with Gasteiger partial charge in [0.05, 0.1) is 18.3 Å². The molecule has 4 rings (SSSR count). The van der Waals surface area contributed by atoms with Crippen molar-refractivity contribution < 1.29 is 0 Å². The number of aromatic nitrogens is 4. The topological polar surface area (TPSA) is 55.6 Å². The Morgan fingerprint density at radius 1 is 1.04 bits per heavy atom. The molecule has 0 saturated heterocycles. The molecular formula is C18H14ClN5. The van der Waals surface area contributed by atoms with Crippen molar-refractivity contribution in [3.05, 3.63) is 77.8 Å². The third-order valence-electron chi connectivity index (χ3n) is 3.72. The number of anilines is 2. The number of rotatable bonds is 4. The average Bonchev–Trinajstić information content (AvgIpc) is 2.98. The first kappa shape index (κ1) is 14.7. The number of hydrogen-bond acceptors (Lipinski definition) is 4. The van der Waals surface area contributed by atoms with Gasteiger partial charge in [0, 0.05) is 17.3 Å². The van der Waals surface area contributed by atoms with E-state index in [1.807, 2.05) is 41.2 Å². The maximum Gasteiger partial charge on any atom is 0.224 e. The van der Waals surface area contributed by atoms with Crippen LogP contribution in [0.5, 0.6) is 0 Å². The lowest BCUT2D eigenvalue weighted by molar-refractivity contribution is 0.712. The first-order valence-corrected chi connectivity index (χ1v) is 7.91. The van der Waals surface area contributed by atoms with Crippen LogP contribution in [0.15, 0.2) is 67.0 Å². The minimum absolute atomic E-state index is 0.219. The van der Waals surface area contributed by atoms with Gasteiger partial charge in [0.15, 0.2) is 0 Å². The summed E-state index contributed by atoms with van der Waals surface area (Å²) in [5, 5.41) is 9.00. The lowest BCUT2D eigenvalue weighted by Gasteiger charge is -2.07. The van der Waals surface area contributed by atoms with Crippen LogP contribution in [0.2, 0.25) is 5.28 Å². The number of benzene rings is 2. The Bertz CT molecular complexity index is 981. The molecule has 6 heteroatoms. The SMILES string of the molecule is Clc1nccc(Nc2ccc3c(cnn3Cc3ccccc3)c2)n1. The number of hydrogen-bond donors (Lipinski definition) is 1. The van der Waals surface area contributed by atoms with E-state index in [-0.39, 0.29) is 5.28 Å². The summed E-state index contributed by atoms with van der Waals surface area (Å²) in [6.45, 7) is 0.749. The van der Waals surface area contributed by atoms with Gasteiger partial charge in [0.2, 0.25) is 5.28 Å². The summed E-state index contributed by atoms with van der Waals surface area (Å²) in [6, 6.07) is 18.2. The van der Waals surface area contributed by atoms with Gasteiger partial charge >= 0.3 is 0 Å². The Hall–Kier alpha value is -2.92. The van der Waals surface area contributed by atoms with E-state index in [4.69, 9.17) is 11.6 Å². The van der Waals surface area contributed by atoms with E-state index in [1.165, 1.54) is 5.56 Å². The van der Waals surface area contributed by atoms with Crippen LogP contribution in [-0.4, -0.2) is 19.7 Å². The van der Waals surface area contributed by atoms with Crippen molar-refractivity contribution in [3.8, 4) is 0 Å². The van der Waals surface area contributed by atoms with Gasteiger partial charge in [-0.05, 0) is 41.4 Å². The predicted molar refractivity (Wildman–Crippen MR) is 95.6 cm³/mol. The summed E-state index contributed by atoms with van der Waals surface area (Å²) in [6.07, 6.45) is 3.49. The van der Waals surface area contributed by atoms with Gasteiger partial charge in [0.25, 0.3) is 0 Å². The molecule has 118 valence electrons. The molecule has 2 aromatic heterocycles. The van der Waals surface area contributed by atoms with Gasteiger partial charge in [-0.1, -0.05) is 30.3 Å². The molecule has 2 aromatic carbocycles. The molecule has 0 saturated carbocycles. The Morgan fingerprint density at radius 2 is 1.92 bits per heavy atom. The minimum atomic E-state index is 0.219. The van der Waals surface area contributed by atoms with E-state index in [0.717, 1.165) is 23.1 Å². The third kappa shape index (κ3) is 3.07. The maximum absolute atomic E-state index is 5.81. The second-order valence-electron chi connectivity index (χ2n) is 5.40. The summed E-state index contributed by atoms with van der Waals surface area (Å²) in [4.78, 5) is 8.01. The van der Waals surface area contributed by atoms with Gasteiger partial charge in [-0.2, -0.15) is 5.10 Å². The second-order valence-corrected chi connectivity index (χ2v) is 5.74. The van der Waals surface area contributed by atoms with Gasteiger partial charge in [-0.25, -0.2) is 9.97 Å². The zero-order valence-electron chi connectivity index (χ0n) is 12.7. The van der Waals surface area contributed by atoms with Crippen molar-refractivity contribution in [3.63, 3.8) is 0 Å². The average molecular weight is 336 g/mol. The second kappa shape index (κ2) is 6.29. The lowest BCUT2D eigenvalue weighted by atomic mass is 10.2.